The summed E-state index contributed by atoms with van der Waals surface area (Å²) in [6.07, 6.45) is 4.25. The molecule has 0 saturated carbocycles. The Labute approximate surface area is 327 Å². The summed E-state index contributed by atoms with van der Waals surface area (Å²) < 4.78 is 38.9. The molecule has 0 aliphatic carbocycles. The van der Waals surface area contributed by atoms with Crippen molar-refractivity contribution in [3.63, 3.8) is 0 Å². The molecule has 15 heteroatoms. The normalized spacial score (nSPS) is 13.3. The maximum atomic E-state index is 13.8. The van der Waals surface area contributed by atoms with Crippen molar-refractivity contribution in [3.05, 3.63) is 108 Å². The van der Waals surface area contributed by atoms with Crippen LogP contribution >= 0.6 is 0 Å². The summed E-state index contributed by atoms with van der Waals surface area (Å²) in [5, 5.41) is 2.84. The van der Waals surface area contributed by atoms with Crippen molar-refractivity contribution in [3.8, 4) is 11.5 Å². The summed E-state index contributed by atoms with van der Waals surface area (Å²) in [4.78, 5) is 52.5. The summed E-state index contributed by atoms with van der Waals surface area (Å²) in [6.45, 7) is 5.79. The van der Waals surface area contributed by atoms with Crippen LogP contribution in [0.25, 0.3) is 11.0 Å². The second kappa shape index (κ2) is 17.7. The van der Waals surface area contributed by atoms with Gasteiger partial charge in [0.05, 0.1) is 41.1 Å². The molecule has 56 heavy (non-hydrogen) atoms. The van der Waals surface area contributed by atoms with Gasteiger partial charge in [0.2, 0.25) is 5.91 Å². The van der Waals surface area contributed by atoms with Crippen LogP contribution in [0.1, 0.15) is 52.0 Å². The number of nitrogens with one attached hydrogen (secondary N) is 2. The molecule has 6 rings (SSSR count). The summed E-state index contributed by atoms with van der Waals surface area (Å²) in [5.74, 6) is 0.226. The Kier molecular flexibility index (Phi) is 12.6. The molecule has 3 amide bonds. The number of methoxy groups -OCH3 is 1. The van der Waals surface area contributed by atoms with E-state index in [2.05, 4.69) is 27.1 Å². The van der Waals surface area contributed by atoms with Gasteiger partial charge in [-0.2, -0.15) is 8.42 Å². The Morgan fingerprint density at radius 2 is 1.64 bits per heavy atom. The maximum absolute atomic E-state index is 13.8. The number of para-hydroxylation sites is 1. The van der Waals surface area contributed by atoms with Gasteiger partial charge in [-0.05, 0) is 93.4 Å². The number of aryl methyl sites for hydroxylation is 1. The summed E-state index contributed by atoms with van der Waals surface area (Å²) in [6, 6.07) is 23.2. The number of imidazole rings is 1. The van der Waals surface area contributed by atoms with E-state index in [9.17, 15) is 22.8 Å². The van der Waals surface area contributed by atoms with Gasteiger partial charge in [-0.15, -0.1) is 0 Å². The van der Waals surface area contributed by atoms with Crippen molar-refractivity contribution in [2.75, 3.05) is 69.0 Å². The number of rotatable bonds is 15. The highest BCUT2D eigenvalue weighted by Gasteiger charge is 2.23. The van der Waals surface area contributed by atoms with Gasteiger partial charge in [0, 0.05) is 45.2 Å². The lowest BCUT2D eigenvalue weighted by Crippen LogP contribution is -2.47. The molecule has 1 fully saturated rings. The predicted molar refractivity (Wildman–Crippen MR) is 216 cm³/mol. The van der Waals surface area contributed by atoms with Crippen molar-refractivity contribution < 1.29 is 32.3 Å². The van der Waals surface area contributed by atoms with Crippen molar-refractivity contribution >= 4 is 50.2 Å². The Morgan fingerprint density at radius 1 is 0.875 bits per heavy atom. The van der Waals surface area contributed by atoms with Crippen LogP contribution in [0.5, 0.6) is 11.5 Å². The third-order valence-corrected chi connectivity index (χ3v) is 11.0. The number of anilines is 2. The smallest absolute Gasteiger partial charge is 0.275 e. The van der Waals surface area contributed by atoms with Crippen LogP contribution in [0.4, 0.5) is 11.4 Å². The molecule has 14 nitrogen and oxygen atoms in total. The van der Waals surface area contributed by atoms with Crippen LogP contribution < -0.4 is 24.5 Å². The zero-order valence-electron chi connectivity index (χ0n) is 32.0. The minimum Gasteiger partial charge on any atom is -0.495 e. The minimum atomic E-state index is -3.91. The average molecular weight is 782 g/mol. The fraction of sp³-hybridized carbons (Fsp3) is 0.317. The number of carbonyl (C=O) groups excluding carboxylic acids is 3. The summed E-state index contributed by atoms with van der Waals surface area (Å²) >= 11 is 0. The van der Waals surface area contributed by atoms with Gasteiger partial charge in [0.25, 0.3) is 21.8 Å². The number of sulfonamides is 1. The number of hydrogen-bond donors (Lipinski definition) is 2. The monoisotopic (exact) mass is 781 g/mol. The molecular formula is C41H47N7O7S. The Bertz CT molecular complexity index is 2310. The number of benzene rings is 4. The second-order valence-corrected chi connectivity index (χ2v) is 15.4. The van der Waals surface area contributed by atoms with Crippen molar-refractivity contribution in [1.82, 2.24) is 19.5 Å². The zero-order chi connectivity index (χ0) is 39.8. The Hall–Kier alpha value is -5.93. The number of fused-ring (bicyclic) bond motifs is 1. The second-order valence-electron chi connectivity index (χ2n) is 13.7. The first-order chi connectivity index (χ1) is 26.9. The zero-order valence-corrected chi connectivity index (χ0v) is 32.8. The van der Waals surface area contributed by atoms with Gasteiger partial charge in [-0.25, -0.2) is 14.5 Å². The van der Waals surface area contributed by atoms with Gasteiger partial charge in [-0.3, -0.25) is 14.4 Å². The molecular weight excluding hydrogens is 735 g/mol. The van der Waals surface area contributed by atoms with Crippen molar-refractivity contribution in [2.24, 2.45) is 0 Å². The topological polar surface area (TPSA) is 155 Å². The summed E-state index contributed by atoms with van der Waals surface area (Å²) in [7, 11) is 1.27. The largest absolute Gasteiger partial charge is 0.495 e. The highest BCUT2D eigenvalue weighted by molar-refractivity contribution is 7.92. The Balaban J connectivity index is 1.08. The van der Waals surface area contributed by atoms with Crippen LogP contribution in [0.3, 0.4) is 0 Å². The van der Waals surface area contributed by atoms with Gasteiger partial charge >= 0.3 is 0 Å². The molecule has 4 aromatic carbocycles. The third kappa shape index (κ3) is 9.29. The highest BCUT2D eigenvalue weighted by atomic mass is 32.2. The van der Waals surface area contributed by atoms with Gasteiger partial charge < -0.3 is 29.5 Å². The van der Waals surface area contributed by atoms with E-state index in [0.29, 0.717) is 41.2 Å². The number of piperazine rings is 1. The quantitative estimate of drug-likeness (QED) is 0.131. The van der Waals surface area contributed by atoms with Crippen molar-refractivity contribution in [2.45, 2.75) is 37.5 Å². The molecule has 1 saturated heterocycles. The standard InChI is InChI=1S/C41H47N7O7S/c1-29-17-20-34(37(26-29)55-25-10-6-9-16-38(49)47-23-21-45(2)22-24-47)46(3)41(51)30-18-19-33(36(27-30)54-4)43-40(50)32-14-11-15-35-39(32)42-28-48(35)44-56(52,53)31-12-7-5-8-13-31/h5,7-8,11-15,17-20,26-28,44H,6,9-10,16,21-25H2,1-4H3,(H,43,50). The van der Waals surface area contributed by atoms with E-state index in [1.807, 2.05) is 30.0 Å². The lowest BCUT2D eigenvalue weighted by molar-refractivity contribution is -0.132. The van der Waals surface area contributed by atoms with Gasteiger partial charge in [0.15, 0.2) is 0 Å². The van der Waals surface area contributed by atoms with E-state index in [-0.39, 0.29) is 33.5 Å². The maximum Gasteiger partial charge on any atom is 0.275 e. The molecule has 0 unspecified atom stereocenters. The van der Waals surface area contributed by atoms with E-state index in [0.717, 1.165) is 51.0 Å². The van der Waals surface area contributed by atoms with Crippen LogP contribution in [-0.4, -0.2) is 99.6 Å². The third-order valence-electron chi connectivity index (χ3n) is 9.72. The van der Waals surface area contributed by atoms with Gasteiger partial charge in [0.1, 0.15) is 23.3 Å². The number of likely N-dealkylation sites (N-methyl/N-ethyl adjacent to an activating group) is 1. The van der Waals surface area contributed by atoms with E-state index >= 15 is 0 Å². The first kappa shape index (κ1) is 39.8. The summed E-state index contributed by atoms with van der Waals surface area (Å²) in [5.41, 5.74) is 3.09. The lowest BCUT2D eigenvalue weighted by atomic mass is 10.1. The van der Waals surface area contributed by atoms with Crippen LogP contribution in [0.15, 0.2) is 96.2 Å². The molecule has 294 valence electrons. The Morgan fingerprint density at radius 3 is 2.39 bits per heavy atom. The molecule has 0 radical (unpaired) electrons. The van der Waals surface area contributed by atoms with E-state index in [1.165, 1.54) is 35.1 Å². The molecule has 1 aliphatic rings. The van der Waals surface area contributed by atoms with E-state index in [4.69, 9.17) is 9.47 Å². The number of hydrogen-bond acceptors (Lipinski definition) is 9. The number of aromatic nitrogens is 2. The molecule has 5 aromatic rings. The number of carbonyl (C=O) groups is 3. The molecule has 1 aliphatic heterocycles. The molecule has 2 heterocycles. The van der Waals surface area contributed by atoms with E-state index < -0.39 is 15.9 Å². The minimum absolute atomic E-state index is 0.0809. The number of nitrogens with zero attached hydrogens (tertiary/aromatic N) is 5. The number of ether oxygens (including phenoxy) is 2. The van der Waals surface area contributed by atoms with Crippen LogP contribution in [0, 0.1) is 6.92 Å². The first-order valence-corrected chi connectivity index (χ1v) is 19.9. The van der Waals surface area contributed by atoms with E-state index in [1.54, 1.807) is 61.6 Å². The molecule has 1 aromatic heterocycles. The fourth-order valence-corrected chi connectivity index (χ4v) is 7.49. The molecule has 0 atom stereocenters. The highest BCUT2D eigenvalue weighted by Crippen LogP contribution is 2.32. The fourth-order valence-electron chi connectivity index (χ4n) is 6.46. The van der Waals surface area contributed by atoms with Crippen molar-refractivity contribution in [1.29, 1.82) is 0 Å². The number of unbranched alkanes of at least 4 members (excludes halogenated alkanes) is 2. The van der Waals surface area contributed by atoms with Crippen LogP contribution in [0.2, 0.25) is 0 Å². The number of amides is 3. The van der Waals surface area contributed by atoms with Crippen LogP contribution in [-0.2, 0) is 14.8 Å². The lowest BCUT2D eigenvalue weighted by Gasteiger charge is -2.32. The SMILES string of the molecule is COc1cc(C(=O)N(C)c2ccc(C)cc2OCCCCCC(=O)N2CCN(C)CC2)ccc1NC(=O)c1cccc2c1ncn2NS(=O)(=O)c1ccccc1. The molecule has 0 bridgehead atoms. The molecule has 0 spiro atoms. The van der Waals surface area contributed by atoms with Gasteiger partial charge in [-0.1, -0.05) is 30.3 Å². The predicted octanol–water partition coefficient (Wildman–Crippen LogP) is 5.53. The first-order valence-electron chi connectivity index (χ1n) is 18.5. The molecule has 2 N–H and O–H groups in total. The average Bonchev–Trinajstić information content (AvgIpc) is 3.61.